The number of amides is 1. The maximum Gasteiger partial charge on any atom is 0.241 e. The third-order valence-corrected chi connectivity index (χ3v) is 3.54. The Morgan fingerprint density at radius 2 is 2.07 bits per heavy atom. The number of nitrogens with zero attached hydrogens (tertiary/aromatic N) is 2. The fourth-order valence-electron chi connectivity index (χ4n) is 2.54. The van der Waals surface area contributed by atoms with Crippen LogP contribution in [0.15, 0.2) is 0 Å². The molecule has 78 valence electrons. The SMILES string of the molecule is O=C1C2CNCCN2CCN1C1CC1. The predicted molar refractivity (Wildman–Crippen MR) is 53.0 cm³/mol. The molecule has 0 aromatic rings. The lowest BCUT2D eigenvalue weighted by molar-refractivity contribution is -0.143. The average Bonchev–Trinajstić information content (AvgIpc) is 3.03. The zero-order chi connectivity index (χ0) is 9.54. The largest absolute Gasteiger partial charge is 0.337 e. The molecule has 0 spiro atoms. The second-order valence-electron chi connectivity index (χ2n) is 4.52. The standard InChI is InChI=1S/C10H17N3O/c14-10-9-7-11-3-4-12(9)5-6-13(10)8-1-2-8/h8-9,11H,1-7H2. The van der Waals surface area contributed by atoms with Gasteiger partial charge in [-0.2, -0.15) is 0 Å². The van der Waals surface area contributed by atoms with Gasteiger partial charge in [0, 0.05) is 38.8 Å². The Balaban J connectivity index is 1.73. The molecule has 3 rings (SSSR count). The molecule has 0 aromatic carbocycles. The number of carbonyl (C=O) groups excluding carboxylic acids is 1. The van der Waals surface area contributed by atoms with E-state index in [0.29, 0.717) is 11.9 Å². The molecular weight excluding hydrogens is 178 g/mol. The van der Waals surface area contributed by atoms with E-state index < -0.39 is 0 Å². The van der Waals surface area contributed by atoms with E-state index in [1.54, 1.807) is 0 Å². The van der Waals surface area contributed by atoms with E-state index in [1.165, 1.54) is 12.8 Å². The summed E-state index contributed by atoms with van der Waals surface area (Å²) in [6.07, 6.45) is 2.46. The van der Waals surface area contributed by atoms with Crippen LogP contribution >= 0.6 is 0 Å². The number of fused-ring (bicyclic) bond motifs is 1. The normalized spacial score (nSPS) is 34.4. The summed E-state index contributed by atoms with van der Waals surface area (Å²) in [4.78, 5) is 16.5. The van der Waals surface area contributed by atoms with Crippen LogP contribution in [-0.2, 0) is 4.79 Å². The summed E-state index contributed by atoms with van der Waals surface area (Å²) in [5, 5.41) is 3.31. The van der Waals surface area contributed by atoms with Gasteiger partial charge in [0.2, 0.25) is 5.91 Å². The third kappa shape index (κ3) is 1.33. The van der Waals surface area contributed by atoms with Crippen LogP contribution in [-0.4, -0.2) is 60.5 Å². The summed E-state index contributed by atoms with van der Waals surface area (Å²) in [7, 11) is 0. The first kappa shape index (κ1) is 8.68. The molecule has 3 aliphatic rings. The maximum absolute atomic E-state index is 12.1. The Morgan fingerprint density at radius 1 is 1.21 bits per heavy atom. The molecule has 4 nitrogen and oxygen atoms in total. The highest BCUT2D eigenvalue weighted by Crippen LogP contribution is 2.29. The van der Waals surface area contributed by atoms with Gasteiger partial charge in [-0.05, 0) is 12.8 Å². The first-order chi connectivity index (χ1) is 6.86. The molecule has 2 saturated heterocycles. The van der Waals surface area contributed by atoms with Crippen molar-refractivity contribution in [3.8, 4) is 0 Å². The highest BCUT2D eigenvalue weighted by atomic mass is 16.2. The van der Waals surface area contributed by atoms with Crippen molar-refractivity contribution in [2.75, 3.05) is 32.7 Å². The molecule has 1 aliphatic carbocycles. The van der Waals surface area contributed by atoms with Gasteiger partial charge in [0.05, 0.1) is 0 Å². The van der Waals surface area contributed by atoms with Crippen LogP contribution in [0.4, 0.5) is 0 Å². The molecule has 14 heavy (non-hydrogen) atoms. The first-order valence-corrected chi connectivity index (χ1v) is 5.61. The fraction of sp³-hybridized carbons (Fsp3) is 0.900. The summed E-state index contributed by atoms with van der Waals surface area (Å²) in [6.45, 7) is 4.96. The minimum absolute atomic E-state index is 0.137. The molecule has 1 unspecified atom stereocenters. The molecule has 0 aromatic heterocycles. The molecule has 1 N–H and O–H groups in total. The number of hydrogen-bond donors (Lipinski definition) is 1. The van der Waals surface area contributed by atoms with E-state index in [4.69, 9.17) is 0 Å². The van der Waals surface area contributed by atoms with Crippen LogP contribution in [0, 0.1) is 0 Å². The Morgan fingerprint density at radius 3 is 2.86 bits per heavy atom. The Hall–Kier alpha value is -0.610. The van der Waals surface area contributed by atoms with Crippen molar-refractivity contribution in [2.45, 2.75) is 24.9 Å². The van der Waals surface area contributed by atoms with Crippen LogP contribution in [0.1, 0.15) is 12.8 Å². The molecule has 0 bridgehead atoms. The van der Waals surface area contributed by atoms with Crippen molar-refractivity contribution in [3.05, 3.63) is 0 Å². The number of rotatable bonds is 1. The lowest BCUT2D eigenvalue weighted by atomic mass is 10.1. The predicted octanol–water partition coefficient (Wildman–Crippen LogP) is -0.735. The number of carbonyl (C=O) groups is 1. The van der Waals surface area contributed by atoms with Gasteiger partial charge in [-0.25, -0.2) is 0 Å². The van der Waals surface area contributed by atoms with Gasteiger partial charge >= 0.3 is 0 Å². The average molecular weight is 195 g/mol. The van der Waals surface area contributed by atoms with E-state index in [-0.39, 0.29) is 6.04 Å². The van der Waals surface area contributed by atoms with E-state index in [0.717, 1.165) is 32.7 Å². The number of nitrogens with one attached hydrogen (secondary N) is 1. The lowest BCUT2D eigenvalue weighted by Crippen LogP contribution is -2.64. The second-order valence-corrected chi connectivity index (χ2v) is 4.52. The minimum atomic E-state index is 0.137. The first-order valence-electron chi connectivity index (χ1n) is 5.61. The van der Waals surface area contributed by atoms with Gasteiger partial charge in [-0.3, -0.25) is 9.69 Å². The smallest absolute Gasteiger partial charge is 0.241 e. The monoisotopic (exact) mass is 195 g/mol. The van der Waals surface area contributed by atoms with Gasteiger partial charge < -0.3 is 10.2 Å². The van der Waals surface area contributed by atoms with Crippen LogP contribution < -0.4 is 5.32 Å². The highest BCUT2D eigenvalue weighted by Gasteiger charge is 2.41. The van der Waals surface area contributed by atoms with Crippen LogP contribution in [0.3, 0.4) is 0 Å². The Labute approximate surface area is 84.2 Å². The zero-order valence-electron chi connectivity index (χ0n) is 8.41. The Bertz CT molecular complexity index is 252. The van der Waals surface area contributed by atoms with Crippen molar-refractivity contribution in [2.24, 2.45) is 0 Å². The molecule has 1 amide bonds. The molecule has 1 saturated carbocycles. The minimum Gasteiger partial charge on any atom is -0.337 e. The fourth-order valence-corrected chi connectivity index (χ4v) is 2.54. The van der Waals surface area contributed by atoms with Gasteiger partial charge in [-0.15, -0.1) is 0 Å². The summed E-state index contributed by atoms with van der Waals surface area (Å²) in [5.41, 5.74) is 0. The molecule has 1 atom stereocenters. The zero-order valence-corrected chi connectivity index (χ0v) is 8.41. The van der Waals surface area contributed by atoms with Crippen molar-refractivity contribution in [1.82, 2.24) is 15.1 Å². The van der Waals surface area contributed by atoms with Gasteiger partial charge in [0.25, 0.3) is 0 Å². The number of hydrogen-bond acceptors (Lipinski definition) is 3. The molecule has 3 fully saturated rings. The summed E-state index contributed by atoms with van der Waals surface area (Å²) in [6, 6.07) is 0.727. The maximum atomic E-state index is 12.1. The van der Waals surface area contributed by atoms with Crippen molar-refractivity contribution in [1.29, 1.82) is 0 Å². The lowest BCUT2D eigenvalue weighted by Gasteiger charge is -2.43. The van der Waals surface area contributed by atoms with Gasteiger partial charge in [-0.1, -0.05) is 0 Å². The molecular formula is C10H17N3O. The van der Waals surface area contributed by atoms with Crippen LogP contribution in [0.2, 0.25) is 0 Å². The molecule has 2 heterocycles. The van der Waals surface area contributed by atoms with E-state index in [1.807, 2.05) is 0 Å². The summed E-state index contributed by atoms with van der Waals surface area (Å²) < 4.78 is 0. The number of piperazine rings is 2. The second kappa shape index (κ2) is 3.21. The van der Waals surface area contributed by atoms with Crippen molar-refractivity contribution < 1.29 is 4.79 Å². The third-order valence-electron chi connectivity index (χ3n) is 3.54. The van der Waals surface area contributed by atoms with E-state index >= 15 is 0 Å². The summed E-state index contributed by atoms with van der Waals surface area (Å²) in [5.74, 6) is 0.367. The highest BCUT2D eigenvalue weighted by molar-refractivity contribution is 5.83. The Kier molecular flexibility index (Phi) is 1.99. The summed E-state index contributed by atoms with van der Waals surface area (Å²) >= 11 is 0. The van der Waals surface area contributed by atoms with Gasteiger partial charge in [0.1, 0.15) is 6.04 Å². The van der Waals surface area contributed by atoms with Gasteiger partial charge in [0.15, 0.2) is 0 Å². The quantitative estimate of drug-likeness (QED) is 0.599. The van der Waals surface area contributed by atoms with Crippen molar-refractivity contribution in [3.63, 3.8) is 0 Å². The van der Waals surface area contributed by atoms with E-state index in [2.05, 4.69) is 15.1 Å². The van der Waals surface area contributed by atoms with Crippen LogP contribution in [0.25, 0.3) is 0 Å². The topological polar surface area (TPSA) is 35.6 Å². The molecule has 0 radical (unpaired) electrons. The molecule has 2 aliphatic heterocycles. The molecule has 4 heteroatoms. The van der Waals surface area contributed by atoms with Crippen LogP contribution in [0.5, 0.6) is 0 Å². The van der Waals surface area contributed by atoms with Crippen molar-refractivity contribution >= 4 is 5.91 Å². The van der Waals surface area contributed by atoms with E-state index in [9.17, 15) is 4.79 Å².